The lowest BCUT2D eigenvalue weighted by Gasteiger charge is -2.36. The molecule has 25 heavy (non-hydrogen) atoms. The van der Waals surface area contributed by atoms with Gasteiger partial charge >= 0.3 is 0 Å². The van der Waals surface area contributed by atoms with Crippen molar-refractivity contribution in [1.29, 1.82) is 0 Å². The highest BCUT2D eigenvalue weighted by molar-refractivity contribution is 7.90. The highest BCUT2D eigenvalue weighted by atomic mass is 32.2. The first kappa shape index (κ1) is 18.2. The van der Waals surface area contributed by atoms with Crippen LogP contribution in [-0.2, 0) is 16.4 Å². The average Bonchev–Trinajstić information content (AvgIpc) is 3.10. The molecule has 0 radical (unpaired) electrons. The van der Waals surface area contributed by atoms with E-state index in [1.54, 1.807) is 13.3 Å². The fourth-order valence-corrected chi connectivity index (χ4v) is 4.87. The number of guanidine groups is 1. The minimum Gasteiger partial charge on any atom is -0.364 e. The Balaban J connectivity index is 1.46. The van der Waals surface area contributed by atoms with E-state index in [-0.39, 0.29) is 11.2 Å². The number of hydrogen-bond acceptors (Lipinski definition) is 6. The molecule has 2 aliphatic rings. The molecule has 1 saturated carbocycles. The minimum atomic E-state index is -2.94. The Labute approximate surface area is 149 Å². The van der Waals surface area contributed by atoms with Gasteiger partial charge in [-0.25, -0.2) is 8.42 Å². The van der Waals surface area contributed by atoms with Gasteiger partial charge in [0.1, 0.15) is 16.1 Å². The second kappa shape index (κ2) is 7.33. The smallest absolute Gasteiger partial charge is 0.193 e. The van der Waals surface area contributed by atoms with Crippen molar-refractivity contribution in [3.63, 3.8) is 0 Å². The number of aromatic nitrogens is 1. The van der Waals surface area contributed by atoms with Crippen LogP contribution in [-0.4, -0.2) is 81.1 Å². The maximum Gasteiger partial charge on any atom is 0.193 e. The lowest BCUT2D eigenvalue weighted by molar-refractivity contribution is 0.168. The molecule has 1 aliphatic carbocycles. The van der Waals surface area contributed by atoms with E-state index in [1.807, 2.05) is 6.07 Å². The molecule has 2 fully saturated rings. The fourth-order valence-electron chi connectivity index (χ4n) is 3.37. The summed E-state index contributed by atoms with van der Waals surface area (Å²) in [6, 6.07) is 1.89. The highest BCUT2D eigenvalue weighted by Gasteiger charge is 2.45. The molecule has 3 rings (SSSR count). The monoisotopic (exact) mass is 369 g/mol. The zero-order valence-corrected chi connectivity index (χ0v) is 15.8. The maximum absolute atomic E-state index is 11.6. The summed E-state index contributed by atoms with van der Waals surface area (Å²) in [6.45, 7) is 5.11. The first-order valence-corrected chi connectivity index (χ1v) is 10.7. The summed E-state index contributed by atoms with van der Waals surface area (Å²) in [7, 11) is -1.17. The molecule has 140 valence electrons. The topological polar surface area (TPSA) is 91.0 Å². The van der Waals surface area contributed by atoms with E-state index >= 15 is 0 Å². The van der Waals surface area contributed by atoms with E-state index in [0.717, 1.165) is 57.2 Å². The fraction of sp³-hybridized carbons (Fsp3) is 0.750. The SMILES string of the molecule is CN=C(NCC1(CS(C)(=O)=O)CC1)N1CCN(Cc2ccon2)CC1. The summed E-state index contributed by atoms with van der Waals surface area (Å²) < 4.78 is 28.0. The van der Waals surface area contributed by atoms with Crippen LogP contribution in [0, 0.1) is 5.41 Å². The van der Waals surface area contributed by atoms with Crippen LogP contribution in [0.4, 0.5) is 0 Å². The van der Waals surface area contributed by atoms with Gasteiger partial charge in [0, 0.05) is 64.1 Å². The van der Waals surface area contributed by atoms with Gasteiger partial charge in [-0.05, 0) is 12.8 Å². The summed E-state index contributed by atoms with van der Waals surface area (Å²) in [5.74, 6) is 1.12. The maximum atomic E-state index is 11.6. The van der Waals surface area contributed by atoms with Crippen molar-refractivity contribution in [3.8, 4) is 0 Å². The summed E-state index contributed by atoms with van der Waals surface area (Å²) >= 11 is 0. The van der Waals surface area contributed by atoms with E-state index in [2.05, 4.69) is 25.3 Å². The van der Waals surface area contributed by atoms with Crippen molar-refractivity contribution in [2.45, 2.75) is 19.4 Å². The van der Waals surface area contributed by atoms with Gasteiger partial charge in [0.25, 0.3) is 0 Å². The first-order valence-electron chi connectivity index (χ1n) is 8.64. The Morgan fingerprint density at radius 1 is 1.36 bits per heavy atom. The molecule has 1 aliphatic heterocycles. The van der Waals surface area contributed by atoms with Gasteiger partial charge in [0.15, 0.2) is 5.96 Å². The van der Waals surface area contributed by atoms with E-state index in [9.17, 15) is 8.42 Å². The molecule has 0 spiro atoms. The van der Waals surface area contributed by atoms with Crippen molar-refractivity contribution in [2.24, 2.45) is 10.4 Å². The Kier molecular flexibility index (Phi) is 5.33. The van der Waals surface area contributed by atoms with Crippen LogP contribution in [0.2, 0.25) is 0 Å². The van der Waals surface area contributed by atoms with Crippen LogP contribution in [0.25, 0.3) is 0 Å². The molecule has 1 aromatic heterocycles. The van der Waals surface area contributed by atoms with E-state index < -0.39 is 9.84 Å². The van der Waals surface area contributed by atoms with Gasteiger partial charge in [0.05, 0.1) is 11.4 Å². The molecule has 1 aromatic rings. The lowest BCUT2D eigenvalue weighted by atomic mass is 10.1. The number of nitrogens with zero attached hydrogens (tertiary/aromatic N) is 4. The van der Waals surface area contributed by atoms with Gasteiger partial charge in [-0.2, -0.15) is 0 Å². The predicted molar refractivity (Wildman–Crippen MR) is 96.1 cm³/mol. The molecule has 8 nitrogen and oxygen atoms in total. The minimum absolute atomic E-state index is 0.0989. The van der Waals surface area contributed by atoms with Crippen LogP contribution in [0.3, 0.4) is 0 Å². The van der Waals surface area contributed by atoms with Gasteiger partial charge in [0.2, 0.25) is 0 Å². The molecule has 1 saturated heterocycles. The number of rotatable bonds is 6. The molecule has 0 atom stereocenters. The van der Waals surface area contributed by atoms with E-state index in [1.165, 1.54) is 6.26 Å². The molecule has 9 heteroatoms. The zero-order valence-electron chi connectivity index (χ0n) is 14.9. The Morgan fingerprint density at radius 2 is 2.08 bits per heavy atom. The third-order valence-electron chi connectivity index (χ3n) is 4.91. The molecule has 0 amide bonds. The Morgan fingerprint density at radius 3 is 2.60 bits per heavy atom. The van der Waals surface area contributed by atoms with Gasteiger partial charge in [-0.15, -0.1) is 0 Å². The van der Waals surface area contributed by atoms with Crippen molar-refractivity contribution < 1.29 is 12.9 Å². The Hall–Kier alpha value is -1.61. The third kappa shape index (κ3) is 5.18. The number of nitrogens with one attached hydrogen (secondary N) is 1. The molecule has 0 bridgehead atoms. The molecule has 0 aromatic carbocycles. The second-order valence-electron chi connectivity index (χ2n) is 7.22. The molecule has 2 heterocycles. The first-order chi connectivity index (χ1) is 11.9. The van der Waals surface area contributed by atoms with Crippen LogP contribution in [0.1, 0.15) is 18.5 Å². The van der Waals surface area contributed by atoms with Gasteiger partial charge < -0.3 is 14.7 Å². The van der Waals surface area contributed by atoms with Crippen molar-refractivity contribution in [1.82, 2.24) is 20.3 Å². The Bertz CT molecular complexity index is 689. The molecular formula is C16H27N5O3S. The van der Waals surface area contributed by atoms with Gasteiger partial charge in [-0.1, -0.05) is 5.16 Å². The quantitative estimate of drug-likeness (QED) is 0.565. The zero-order chi connectivity index (χ0) is 17.9. The largest absolute Gasteiger partial charge is 0.364 e. The molecule has 1 N–H and O–H groups in total. The summed E-state index contributed by atoms with van der Waals surface area (Å²) in [5, 5.41) is 7.35. The summed E-state index contributed by atoms with van der Waals surface area (Å²) in [6.07, 6.45) is 4.85. The number of piperazine rings is 1. The van der Waals surface area contributed by atoms with Gasteiger partial charge in [-0.3, -0.25) is 9.89 Å². The number of hydrogen-bond donors (Lipinski definition) is 1. The summed E-state index contributed by atoms with van der Waals surface area (Å²) in [5.41, 5.74) is 0.852. The van der Waals surface area contributed by atoms with E-state index in [4.69, 9.17) is 4.52 Å². The van der Waals surface area contributed by atoms with Crippen LogP contribution in [0.15, 0.2) is 21.8 Å². The molecule has 0 unspecified atom stereocenters. The number of sulfone groups is 1. The normalized spacial score (nSPS) is 21.4. The van der Waals surface area contributed by atoms with Crippen molar-refractivity contribution >= 4 is 15.8 Å². The summed E-state index contributed by atoms with van der Waals surface area (Å²) in [4.78, 5) is 8.95. The number of aliphatic imine (C=N–C) groups is 1. The van der Waals surface area contributed by atoms with Crippen LogP contribution < -0.4 is 5.32 Å². The van der Waals surface area contributed by atoms with Crippen molar-refractivity contribution in [2.75, 3.05) is 51.8 Å². The van der Waals surface area contributed by atoms with E-state index in [0.29, 0.717) is 6.54 Å². The lowest BCUT2D eigenvalue weighted by Crippen LogP contribution is -2.53. The third-order valence-corrected chi connectivity index (χ3v) is 6.04. The van der Waals surface area contributed by atoms with Crippen molar-refractivity contribution in [3.05, 3.63) is 18.0 Å². The standard InChI is InChI=1S/C16H27N5O3S/c1-17-15(18-12-16(4-5-16)13-25(2,22)23)21-8-6-20(7-9-21)11-14-3-10-24-19-14/h3,10H,4-9,11-13H2,1-2H3,(H,17,18). The van der Waals surface area contributed by atoms with Crippen LogP contribution >= 0.6 is 0 Å². The average molecular weight is 369 g/mol. The second-order valence-corrected chi connectivity index (χ2v) is 9.37. The van der Waals surface area contributed by atoms with Crippen LogP contribution in [0.5, 0.6) is 0 Å². The molecular weight excluding hydrogens is 342 g/mol. The predicted octanol–water partition coefficient (Wildman–Crippen LogP) is 0.192. The highest BCUT2D eigenvalue weighted by Crippen LogP contribution is 2.46.